The van der Waals surface area contributed by atoms with Crippen LogP contribution < -0.4 is 0 Å². The third kappa shape index (κ3) is 4.40. The zero-order valence-corrected chi connectivity index (χ0v) is 11.7. The van der Waals surface area contributed by atoms with Crippen molar-refractivity contribution in [2.45, 2.75) is 26.3 Å². The van der Waals surface area contributed by atoms with E-state index in [2.05, 4.69) is 0 Å². The second kappa shape index (κ2) is 6.87. The van der Waals surface area contributed by atoms with Gasteiger partial charge in [-0.25, -0.2) is 8.42 Å². The lowest BCUT2D eigenvalue weighted by Crippen LogP contribution is -2.40. The normalized spacial score (nSPS) is 12.3. The van der Waals surface area contributed by atoms with E-state index in [-0.39, 0.29) is 24.9 Å². The first-order chi connectivity index (χ1) is 8.47. The Morgan fingerprint density at radius 2 is 1.83 bits per heavy atom. The molecule has 0 bridgehead atoms. The summed E-state index contributed by atoms with van der Waals surface area (Å²) in [4.78, 5) is 0. The fourth-order valence-electron chi connectivity index (χ4n) is 1.83. The number of aliphatic hydroxyl groups is 1. The fourth-order valence-corrected chi connectivity index (χ4v) is 3.56. The molecule has 18 heavy (non-hydrogen) atoms. The van der Waals surface area contributed by atoms with Crippen LogP contribution in [-0.4, -0.2) is 42.8 Å². The quantitative estimate of drug-likeness (QED) is 0.812. The molecule has 0 saturated carbocycles. The summed E-state index contributed by atoms with van der Waals surface area (Å²) in [6, 6.07) is 9.41. The van der Waals surface area contributed by atoms with E-state index in [1.54, 1.807) is 0 Å². The molecule has 1 N–H and O–H groups in total. The molecule has 0 aliphatic heterocycles. The van der Waals surface area contributed by atoms with Gasteiger partial charge in [0, 0.05) is 12.6 Å². The molecule has 0 spiro atoms. The van der Waals surface area contributed by atoms with Crippen LogP contribution in [0.3, 0.4) is 0 Å². The van der Waals surface area contributed by atoms with Crippen molar-refractivity contribution in [2.75, 3.05) is 18.9 Å². The van der Waals surface area contributed by atoms with Crippen molar-refractivity contribution < 1.29 is 13.5 Å². The van der Waals surface area contributed by atoms with Crippen LogP contribution in [0, 0.1) is 0 Å². The molecule has 0 saturated heterocycles. The lowest BCUT2D eigenvalue weighted by atomic mass is 10.2. The van der Waals surface area contributed by atoms with Gasteiger partial charge in [-0.2, -0.15) is 4.31 Å². The van der Waals surface area contributed by atoms with Gasteiger partial charge in [-0.3, -0.25) is 0 Å². The van der Waals surface area contributed by atoms with Crippen LogP contribution in [0.15, 0.2) is 30.3 Å². The Balaban J connectivity index is 2.68. The van der Waals surface area contributed by atoms with E-state index >= 15 is 0 Å². The van der Waals surface area contributed by atoms with Gasteiger partial charge in [0.2, 0.25) is 10.0 Å². The highest BCUT2D eigenvalue weighted by Crippen LogP contribution is 2.10. The molecule has 0 aliphatic rings. The summed E-state index contributed by atoms with van der Waals surface area (Å²) in [5, 5.41) is 8.93. The Hall–Kier alpha value is -0.910. The average Bonchev–Trinajstić information content (AvgIpc) is 2.34. The maximum Gasteiger partial charge on any atom is 0.214 e. The van der Waals surface area contributed by atoms with Crippen LogP contribution in [0.1, 0.15) is 19.4 Å². The van der Waals surface area contributed by atoms with Crippen molar-refractivity contribution in [3.05, 3.63) is 35.9 Å². The molecule has 0 unspecified atom stereocenters. The molecule has 0 atom stereocenters. The Labute approximate surface area is 109 Å². The minimum absolute atomic E-state index is 0.0786. The van der Waals surface area contributed by atoms with Gasteiger partial charge in [-0.1, -0.05) is 30.3 Å². The highest BCUT2D eigenvalue weighted by Gasteiger charge is 2.23. The smallest absolute Gasteiger partial charge is 0.214 e. The first-order valence-corrected chi connectivity index (χ1v) is 7.72. The van der Waals surface area contributed by atoms with Gasteiger partial charge in [0.25, 0.3) is 0 Å². The van der Waals surface area contributed by atoms with E-state index in [9.17, 15) is 8.42 Å². The second-order valence-electron chi connectivity index (χ2n) is 4.48. The molecule has 0 fully saturated rings. The van der Waals surface area contributed by atoms with Gasteiger partial charge >= 0.3 is 0 Å². The van der Waals surface area contributed by atoms with Crippen molar-refractivity contribution in [1.82, 2.24) is 4.31 Å². The summed E-state index contributed by atoms with van der Waals surface area (Å²) in [7, 11) is -3.31. The molecular formula is C13H21NO3S. The summed E-state index contributed by atoms with van der Waals surface area (Å²) >= 11 is 0. The highest BCUT2D eigenvalue weighted by atomic mass is 32.2. The Bertz CT molecular complexity index is 443. The Morgan fingerprint density at radius 1 is 1.22 bits per heavy atom. The monoisotopic (exact) mass is 271 g/mol. The molecule has 4 nitrogen and oxygen atoms in total. The molecule has 1 aromatic carbocycles. The number of nitrogens with zero attached hydrogens (tertiary/aromatic N) is 1. The molecule has 0 aromatic heterocycles. The van der Waals surface area contributed by atoms with Gasteiger partial charge in [-0.05, 0) is 25.8 Å². The fraction of sp³-hybridized carbons (Fsp3) is 0.538. The summed E-state index contributed by atoms with van der Waals surface area (Å²) < 4.78 is 25.7. The van der Waals surface area contributed by atoms with Gasteiger partial charge in [-0.15, -0.1) is 0 Å². The molecule has 0 radical (unpaired) electrons. The highest BCUT2D eigenvalue weighted by molar-refractivity contribution is 7.89. The van der Waals surface area contributed by atoms with Crippen molar-refractivity contribution in [3.63, 3.8) is 0 Å². The maximum absolute atomic E-state index is 12.2. The molecule has 0 aliphatic carbocycles. The van der Waals surface area contributed by atoms with Crippen molar-refractivity contribution in [2.24, 2.45) is 0 Å². The topological polar surface area (TPSA) is 57.6 Å². The Morgan fingerprint density at radius 3 is 2.33 bits per heavy atom. The minimum Gasteiger partial charge on any atom is -0.395 e. The molecular weight excluding hydrogens is 250 g/mol. The number of rotatable bonds is 7. The SMILES string of the molecule is CC(C)N(CCO)S(=O)(=O)CCc1ccccc1. The van der Waals surface area contributed by atoms with Crippen LogP contribution in [0.4, 0.5) is 0 Å². The van der Waals surface area contributed by atoms with E-state index in [1.165, 1.54) is 4.31 Å². The molecule has 5 heteroatoms. The van der Waals surface area contributed by atoms with Crippen LogP contribution in [0.2, 0.25) is 0 Å². The molecule has 0 amide bonds. The van der Waals surface area contributed by atoms with Gasteiger partial charge < -0.3 is 5.11 Å². The Kier molecular flexibility index (Phi) is 5.78. The van der Waals surface area contributed by atoms with Crippen molar-refractivity contribution in [1.29, 1.82) is 0 Å². The van der Waals surface area contributed by atoms with Crippen LogP contribution in [-0.2, 0) is 16.4 Å². The molecule has 1 aromatic rings. The summed E-state index contributed by atoms with van der Waals surface area (Å²) in [6.07, 6.45) is 0.498. The van der Waals surface area contributed by atoms with Crippen molar-refractivity contribution in [3.8, 4) is 0 Å². The third-order valence-electron chi connectivity index (χ3n) is 2.75. The molecule has 0 heterocycles. The number of aryl methyl sites for hydroxylation is 1. The maximum atomic E-state index is 12.2. The lowest BCUT2D eigenvalue weighted by Gasteiger charge is -2.25. The number of sulfonamides is 1. The standard InChI is InChI=1S/C13H21NO3S/c1-12(2)14(9-10-15)18(16,17)11-8-13-6-4-3-5-7-13/h3-7,12,15H,8-11H2,1-2H3. The average molecular weight is 271 g/mol. The van der Waals surface area contributed by atoms with E-state index in [1.807, 2.05) is 44.2 Å². The van der Waals surface area contributed by atoms with Gasteiger partial charge in [0.15, 0.2) is 0 Å². The molecule has 1 rings (SSSR count). The predicted molar refractivity (Wildman–Crippen MR) is 72.9 cm³/mol. The van der Waals surface area contributed by atoms with E-state index in [0.29, 0.717) is 6.42 Å². The predicted octanol–water partition coefficient (Wildman–Crippen LogP) is 1.26. The first-order valence-electron chi connectivity index (χ1n) is 6.11. The number of hydrogen-bond donors (Lipinski definition) is 1. The van der Waals surface area contributed by atoms with E-state index in [0.717, 1.165) is 5.56 Å². The minimum atomic E-state index is -3.31. The van der Waals surface area contributed by atoms with E-state index in [4.69, 9.17) is 5.11 Å². The summed E-state index contributed by atoms with van der Waals surface area (Å²) in [5.41, 5.74) is 1.01. The molecule has 102 valence electrons. The van der Waals surface area contributed by atoms with Crippen LogP contribution >= 0.6 is 0 Å². The second-order valence-corrected chi connectivity index (χ2v) is 6.52. The van der Waals surface area contributed by atoms with Crippen molar-refractivity contribution >= 4 is 10.0 Å². The zero-order valence-electron chi connectivity index (χ0n) is 10.9. The van der Waals surface area contributed by atoms with Gasteiger partial charge in [0.05, 0.1) is 12.4 Å². The third-order valence-corrected chi connectivity index (χ3v) is 4.78. The number of hydrogen-bond acceptors (Lipinski definition) is 3. The summed E-state index contributed by atoms with van der Waals surface area (Å²) in [5.74, 6) is 0.0786. The van der Waals surface area contributed by atoms with E-state index < -0.39 is 10.0 Å². The van der Waals surface area contributed by atoms with Crippen LogP contribution in [0.25, 0.3) is 0 Å². The number of aliphatic hydroxyl groups excluding tert-OH is 1. The number of benzene rings is 1. The lowest BCUT2D eigenvalue weighted by molar-refractivity contribution is 0.236. The van der Waals surface area contributed by atoms with Gasteiger partial charge in [0.1, 0.15) is 0 Å². The first kappa shape index (κ1) is 15.1. The zero-order chi connectivity index (χ0) is 13.6. The summed E-state index contributed by atoms with van der Waals surface area (Å²) in [6.45, 7) is 3.64. The van der Waals surface area contributed by atoms with Crippen LogP contribution in [0.5, 0.6) is 0 Å². The largest absolute Gasteiger partial charge is 0.395 e.